The monoisotopic (exact) mass is 204 g/mol. The predicted molar refractivity (Wildman–Crippen MR) is 64.4 cm³/mol. The summed E-state index contributed by atoms with van der Waals surface area (Å²) in [5.74, 6) is 1.71. The second kappa shape index (κ2) is 4.21. The molecule has 1 fully saturated rings. The van der Waals surface area contributed by atoms with Gasteiger partial charge in [-0.3, -0.25) is 0 Å². The maximum absolute atomic E-state index is 4.56. The third-order valence-electron chi connectivity index (χ3n) is 3.28. The lowest BCUT2D eigenvalue weighted by atomic mass is 10.1. The molecule has 0 aromatic carbocycles. The Morgan fingerprint density at radius 1 is 1.40 bits per heavy atom. The highest BCUT2D eigenvalue weighted by molar-refractivity contribution is 5.41. The first-order valence-electron chi connectivity index (χ1n) is 5.91. The highest BCUT2D eigenvalue weighted by atomic mass is 15.2. The average Bonchev–Trinajstić information content (AvgIpc) is 2.65. The van der Waals surface area contributed by atoms with Gasteiger partial charge < -0.3 is 4.90 Å². The number of anilines is 1. The van der Waals surface area contributed by atoms with Crippen LogP contribution in [-0.4, -0.2) is 17.6 Å². The zero-order valence-corrected chi connectivity index (χ0v) is 9.90. The van der Waals surface area contributed by atoms with Crippen molar-refractivity contribution in [3.8, 4) is 0 Å². The molecule has 0 amide bonds. The lowest BCUT2D eigenvalue weighted by Gasteiger charge is -2.22. The molecule has 1 atom stereocenters. The molecule has 0 aliphatic carbocycles. The normalized spacial score (nSPS) is 21.3. The number of nitrogens with zero attached hydrogens (tertiary/aromatic N) is 2. The number of hydrogen-bond donors (Lipinski definition) is 0. The number of aromatic nitrogens is 1. The van der Waals surface area contributed by atoms with E-state index >= 15 is 0 Å². The van der Waals surface area contributed by atoms with Crippen LogP contribution in [0, 0.1) is 0 Å². The van der Waals surface area contributed by atoms with Crippen molar-refractivity contribution in [2.75, 3.05) is 11.4 Å². The van der Waals surface area contributed by atoms with E-state index in [1.807, 2.05) is 6.20 Å². The molecule has 1 aromatic rings. The molecular weight excluding hydrogens is 184 g/mol. The van der Waals surface area contributed by atoms with Gasteiger partial charge in [0.25, 0.3) is 0 Å². The van der Waals surface area contributed by atoms with Gasteiger partial charge in [-0.15, -0.1) is 0 Å². The minimum absolute atomic E-state index is 0.572. The maximum Gasteiger partial charge on any atom is 0.128 e. The van der Waals surface area contributed by atoms with Gasteiger partial charge in [0.1, 0.15) is 5.82 Å². The van der Waals surface area contributed by atoms with Crippen molar-refractivity contribution in [3.63, 3.8) is 0 Å². The Bertz CT molecular complexity index is 316. The van der Waals surface area contributed by atoms with Crippen LogP contribution in [-0.2, 0) is 0 Å². The third-order valence-corrected chi connectivity index (χ3v) is 3.28. The van der Waals surface area contributed by atoms with Crippen LogP contribution >= 0.6 is 0 Å². The van der Waals surface area contributed by atoms with E-state index in [1.165, 1.54) is 18.4 Å². The Morgan fingerprint density at radius 3 is 2.67 bits per heavy atom. The van der Waals surface area contributed by atoms with Crippen molar-refractivity contribution in [2.24, 2.45) is 0 Å². The molecule has 0 radical (unpaired) electrons. The minimum Gasteiger partial charge on any atom is -0.354 e. The van der Waals surface area contributed by atoms with Crippen LogP contribution in [0.1, 0.15) is 45.1 Å². The summed E-state index contributed by atoms with van der Waals surface area (Å²) in [6.07, 6.45) is 4.62. The highest BCUT2D eigenvalue weighted by Gasteiger charge is 2.21. The van der Waals surface area contributed by atoms with Crippen LogP contribution in [0.25, 0.3) is 0 Å². The fraction of sp³-hybridized carbons (Fsp3) is 0.615. The first-order chi connectivity index (χ1) is 7.18. The fourth-order valence-electron chi connectivity index (χ4n) is 2.18. The molecule has 0 spiro atoms. The number of rotatable bonds is 2. The first kappa shape index (κ1) is 10.5. The van der Waals surface area contributed by atoms with E-state index in [4.69, 9.17) is 0 Å². The van der Waals surface area contributed by atoms with Crippen LogP contribution in [0.2, 0.25) is 0 Å². The number of hydrogen-bond acceptors (Lipinski definition) is 2. The lowest BCUT2D eigenvalue weighted by Crippen LogP contribution is -2.27. The second-order valence-electron chi connectivity index (χ2n) is 4.79. The molecule has 0 bridgehead atoms. The van der Waals surface area contributed by atoms with Crippen molar-refractivity contribution in [1.82, 2.24) is 4.98 Å². The van der Waals surface area contributed by atoms with Gasteiger partial charge in [0.2, 0.25) is 0 Å². The van der Waals surface area contributed by atoms with E-state index in [2.05, 4.69) is 42.8 Å². The average molecular weight is 204 g/mol. The molecule has 0 unspecified atom stereocenters. The summed E-state index contributed by atoms with van der Waals surface area (Å²) in [6, 6.07) is 5.03. The Labute approximate surface area is 92.3 Å². The summed E-state index contributed by atoms with van der Waals surface area (Å²) < 4.78 is 0. The molecule has 2 heteroatoms. The van der Waals surface area contributed by atoms with Gasteiger partial charge >= 0.3 is 0 Å². The topological polar surface area (TPSA) is 16.1 Å². The zero-order chi connectivity index (χ0) is 10.8. The lowest BCUT2D eigenvalue weighted by molar-refractivity contribution is 0.726. The highest BCUT2D eigenvalue weighted by Crippen LogP contribution is 2.24. The molecule has 2 nitrogen and oxygen atoms in total. The van der Waals surface area contributed by atoms with Gasteiger partial charge in [0, 0.05) is 18.8 Å². The van der Waals surface area contributed by atoms with Crippen LogP contribution in [0.4, 0.5) is 5.82 Å². The molecule has 2 heterocycles. The third kappa shape index (κ3) is 2.14. The van der Waals surface area contributed by atoms with E-state index in [-0.39, 0.29) is 0 Å². The number of pyridine rings is 1. The Morgan fingerprint density at radius 2 is 2.20 bits per heavy atom. The van der Waals surface area contributed by atoms with Crippen molar-refractivity contribution in [3.05, 3.63) is 23.9 Å². The summed E-state index contributed by atoms with van der Waals surface area (Å²) in [4.78, 5) is 6.97. The van der Waals surface area contributed by atoms with Crippen LogP contribution in [0.3, 0.4) is 0 Å². The van der Waals surface area contributed by atoms with E-state index in [0.29, 0.717) is 12.0 Å². The van der Waals surface area contributed by atoms with Gasteiger partial charge in [-0.25, -0.2) is 4.98 Å². The fourth-order valence-corrected chi connectivity index (χ4v) is 2.18. The predicted octanol–water partition coefficient (Wildman–Crippen LogP) is 3.19. The second-order valence-corrected chi connectivity index (χ2v) is 4.79. The molecule has 0 saturated carbocycles. The van der Waals surface area contributed by atoms with Gasteiger partial charge in [-0.05, 0) is 37.3 Å². The van der Waals surface area contributed by atoms with Crippen molar-refractivity contribution >= 4 is 5.82 Å². The molecule has 15 heavy (non-hydrogen) atoms. The molecule has 2 rings (SSSR count). The van der Waals surface area contributed by atoms with Gasteiger partial charge in [-0.1, -0.05) is 19.9 Å². The van der Waals surface area contributed by atoms with E-state index in [1.54, 1.807) is 0 Å². The van der Waals surface area contributed by atoms with Crippen LogP contribution in [0.15, 0.2) is 18.3 Å². The zero-order valence-electron chi connectivity index (χ0n) is 9.90. The van der Waals surface area contributed by atoms with Gasteiger partial charge in [-0.2, -0.15) is 0 Å². The summed E-state index contributed by atoms with van der Waals surface area (Å²) >= 11 is 0. The summed E-state index contributed by atoms with van der Waals surface area (Å²) in [7, 11) is 0. The first-order valence-corrected chi connectivity index (χ1v) is 5.91. The van der Waals surface area contributed by atoms with Crippen LogP contribution < -0.4 is 4.90 Å². The van der Waals surface area contributed by atoms with E-state index in [9.17, 15) is 0 Å². The quantitative estimate of drug-likeness (QED) is 0.735. The molecule has 1 aliphatic rings. The Balaban J connectivity index is 2.16. The molecule has 82 valence electrons. The minimum atomic E-state index is 0.572. The largest absolute Gasteiger partial charge is 0.354 e. The van der Waals surface area contributed by atoms with E-state index < -0.39 is 0 Å². The van der Waals surface area contributed by atoms with Crippen molar-refractivity contribution in [1.29, 1.82) is 0 Å². The van der Waals surface area contributed by atoms with Gasteiger partial charge in [0.05, 0.1) is 0 Å². The summed E-state index contributed by atoms with van der Waals surface area (Å²) in [6.45, 7) is 7.85. The SMILES string of the molecule is CC(C)c1ccc(N2CCC[C@@H]2C)nc1. The molecule has 1 aliphatic heterocycles. The molecule has 1 aromatic heterocycles. The van der Waals surface area contributed by atoms with Crippen molar-refractivity contribution in [2.45, 2.75) is 45.6 Å². The van der Waals surface area contributed by atoms with E-state index in [0.717, 1.165) is 12.4 Å². The summed E-state index contributed by atoms with van der Waals surface area (Å²) in [5, 5.41) is 0. The Hall–Kier alpha value is -1.05. The standard InChI is InChI=1S/C13H20N2/c1-10(2)12-6-7-13(14-9-12)15-8-4-5-11(15)3/h6-7,9-11H,4-5,8H2,1-3H3/t11-/m0/s1. The smallest absolute Gasteiger partial charge is 0.128 e. The maximum atomic E-state index is 4.56. The van der Waals surface area contributed by atoms with Crippen molar-refractivity contribution < 1.29 is 0 Å². The molecule has 1 saturated heterocycles. The van der Waals surface area contributed by atoms with Crippen LogP contribution in [0.5, 0.6) is 0 Å². The van der Waals surface area contributed by atoms with Gasteiger partial charge in [0.15, 0.2) is 0 Å². The molecule has 0 N–H and O–H groups in total. The molecular formula is C13H20N2. The summed E-state index contributed by atoms with van der Waals surface area (Å²) in [5.41, 5.74) is 1.32. The Kier molecular flexibility index (Phi) is 2.94.